The lowest BCUT2D eigenvalue weighted by Crippen LogP contribution is -2.37. The fraction of sp³-hybridized carbons (Fsp3) is 0.571. The first-order chi connectivity index (χ1) is 15.9. The van der Waals surface area contributed by atoms with Crippen molar-refractivity contribution in [3.63, 3.8) is 0 Å². The van der Waals surface area contributed by atoms with Gasteiger partial charge in [0.1, 0.15) is 28.1 Å². The number of phenols is 1. The Kier molecular flexibility index (Phi) is 7.26. The Balaban J connectivity index is 1.13. The van der Waals surface area contributed by atoms with E-state index in [0.29, 0.717) is 5.75 Å². The molecule has 0 radical (unpaired) electrons. The van der Waals surface area contributed by atoms with Crippen LogP contribution in [0.4, 0.5) is 0 Å². The molecule has 1 aromatic heterocycles. The minimum absolute atomic E-state index is 0.0894. The number of rotatable bonds is 10. The molecule has 0 saturated carbocycles. The summed E-state index contributed by atoms with van der Waals surface area (Å²) in [4.78, 5) is 1.85. The first-order valence-corrected chi connectivity index (χ1v) is 12.7. The van der Waals surface area contributed by atoms with Gasteiger partial charge in [-0.25, -0.2) is 0 Å². The van der Waals surface area contributed by atoms with Gasteiger partial charge in [0.05, 0.1) is 6.54 Å². The second kappa shape index (κ2) is 10.1. The molecule has 0 bridgehead atoms. The Morgan fingerprint density at radius 2 is 1.48 bits per heavy atom. The zero-order valence-electron chi connectivity index (χ0n) is 20.8. The van der Waals surface area contributed by atoms with Crippen LogP contribution in [0, 0.1) is 20.8 Å². The van der Waals surface area contributed by atoms with Crippen molar-refractivity contribution in [2.24, 2.45) is 0 Å². The van der Waals surface area contributed by atoms with E-state index in [1.807, 2.05) is 42.9 Å². The summed E-state index contributed by atoms with van der Waals surface area (Å²) in [6, 6.07) is 8.06. The monoisotopic (exact) mass is 449 g/mol. The molecule has 1 aliphatic rings. The molecule has 0 aliphatic carbocycles. The molecule has 0 spiro atoms. The lowest BCUT2D eigenvalue weighted by molar-refractivity contribution is 0.0521. The number of nitrogens with zero attached hydrogens (tertiary/aromatic N) is 3. The Morgan fingerprint density at radius 3 is 2.15 bits per heavy atom. The van der Waals surface area contributed by atoms with Gasteiger partial charge in [0.15, 0.2) is 0 Å². The van der Waals surface area contributed by atoms with Gasteiger partial charge < -0.3 is 9.84 Å². The van der Waals surface area contributed by atoms with Crippen molar-refractivity contribution in [3.05, 3.63) is 46.5 Å². The van der Waals surface area contributed by atoms with E-state index in [9.17, 15) is 5.11 Å². The van der Waals surface area contributed by atoms with Gasteiger partial charge in [-0.2, -0.15) is 15.0 Å². The second-order valence-electron chi connectivity index (χ2n) is 10.1. The SMILES string of the molecule is Cc1c(C)c2c(c(C)c1O)CC[C@@](C)(CCCCCCCCCn1nc3ccccc3n1)O2. The van der Waals surface area contributed by atoms with E-state index in [2.05, 4.69) is 24.0 Å². The van der Waals surface area contributed by atoms with Crippen LogP contribution in [0.25, 0.3) is 11.0 Å². The Labute approximate surface area is 198 Å². The first kappa shape index (κ1) is 23.6. The number of fused-ring (bicyclic) bond motifs is 2. The predicted molar refractivity (Wildman–Crippen MR) is 134 cm³/mol. The maximum absolute atomic E-state index is 10.4. The summed E-state index contributed by atoms with van der Waals surface area (Å²) in [6.45, 7) is 9.24. The summed E-state index contributed by atoms with van der Waals surface area (Å²) in [5, 5.41) is 19.4. The molecule has 2 aromatic carbocycles. The molecule has 5 heteroatoms. The van der Waals surface area contributed by atoms with Gasteiger partial charge in [-0.15, -0.1) is 0 Å². The number of unbranched alkanes of at least 4 members (excludes halogenated alkanes) is 6. The van der Waals surface area contributed by atoms with E-state index < -0.39 is 0 Å². The molecule has 33 heavy (non-hydrogen) atoms. The molecule has 2 heterocycles. The van der Waals surface area contributed by atoms with Gasteiger partial charge in [0.2, 0.25) is 0 Å². The van der Waals surface area contributed by atoms with Crippen LogP contribution in [0.2, 0.25) is 0 Å². The minimum Gasteiger partial charge on any atom is -0.507 e. The zero-order valence-corrected chi connectivity index (χ0v) is 20.8. The van der Waals surface area contributed by atoms with E-state index in [0.717, 1.165) is 65.7 Å². The fourth-order valence-corrected chi connectivity index (χ4v) is 5.11. The number of phenolic OH excluding ortho intramolecular Hbond substituents is 1. The number of aromatic nitrogens is 3. The van der Waals surface area contributed by atoms with E-state index in [4.69, 9.17) is 4.74 Å². The van der Waals surface area contributed by atoms with E-state index in [1.54, 1.807) is 0 Å². The smallest absolute Gasteiger partial charge is 0.127 e. The van der Waals surface area contributed by atoms with E-state index >= 15 is 0 Å². The molecule has 0 saturated heterocycles. The lowest BCUT2D eigenvalue weighted by Gasteiger charge is -2.38. The van der Waals surface area contributed by atoms with Crippen molar-refractivity contribution in [3.8, 4) is 11.5 Å². The summed E-state index contributed by atoms with van der Waals surface area (Å²) in [7, 11) is 0. The third-order valence-electron chi connectivity index (χ3n) is 7.48. The molecule has 0 unspecified atom stereocenters. The third kappa shape index (κ3) is 5.34. The first-order valence-electron chi connectivity index (χ1n) is 12.7. The Hall–Kier alpha value is -2.56. The standard InChI is InChI=1S/C28H39N3O2/c1-20-21(2)27-23(22(3)26(20)32)16-18-28(4,33-27)17-12-8-6-5-7-9-13-19-31-29-24-14-10-11-15-25(24)30-31/h10-11,14-15,32H,5-9,12-13,16-19H2,1-4H3/t28-/m1/s1. The van der Waals surface area contributed by atoms with Crippen molar-refractivity contribution >= 4 is 11.0 Å². The largest absolute Gasteiger partial charge is 0.507 e. The summed E-state index contributed by atoms with van der Waals surface area (Å²) >= 11 is 0. The van der Waals surface area contributed by atoms with Gasteiger partial charge in [-0.05, 0) is 88.6 Å². The van der Waals surface area contributed by atoms with Crippen molar-refractivity contribution in [2.75, 3.05) is 0 Å². The average Bonchev–Trinajstić information content (AvgIpc) is 3.23. The van der Waals surface area contributed by atoms with Gasteiger partial charge in [0, 0.05) is 5.56 Å². The molecule has 1 aliphatic heterocycles. The summed E-state index contributed by atoms with van der Waals surface area (Å²) in [6.07, 6.45) is 11.8. The highest BCUT2D eigenvalue weighted by atomic mass is 16.5. The van der Waals surface area contributed by atoms with Crippen LogP contribution in [-0.4, -0.2) is 25.7 Å². The number of hydrogen-bond donors (Lipinski definition) is 1. The average molecular weight is 450 g/mol. The van der Waals surface area contributed by atoms with Gasteiger partial charge in [-0.3, -0.25) is 0 Å². The molecule has 1 atom stereocenters. The predicted octanol–water partition coefficient (Wildman–Crippen LogP) is 6.97. The van der Waals surface area contributed by atoms with E-state index in [1.165, 1.54) is 44.1 Å². The van der Waals surface area contributed by atoms with Crippen molar-refractivity contribution in [2.45, 2.75) is 104 Å². The molecule has 1 N–H and O–H groups in total. The maximum Gasteiger partial charge on any atom is 0.127 e. The van der Waals surface area contributed by atoms with Crippen LogP contribution in [0.1, 0.15) is 87.0 Å². The molecule has 4 rings (SSSR count). The normalized spacial score (nSPS) is 17.8. The van der Waals surface area contributed by atoms with Gasteiger partial charge in [0.25, 0.3) is 0 Å². The van der Waals surface area contributed by atoms with Crippen molar-refractivity contribution in [1.82, 2.24) is 15.0 Å². The van der Waals surface area contributed by atoms with Crippen LogP contribution >= 0.6 is 0 Å². The highest BCUT2D eigenvalue weighted by molar-refractivity contribution is 5.72. The highest BCUT2D eigenvalue weighted by Gasteiger charge is 2.34. The number of ether oxygens (including phenoxy) is 1. The van der Waals surface area contributed by atoms with Crippen LogP contribution < -0.4 is 4.74 Å². The molecule has 5 nitrogen and oxygen atoms in total. The van der Waals surface area contributed by atoms with Crippen LogP contribution in [0.3, 0.4) is 0 Å². The molecule has 3 aromatic rings. The highest BCUT2D eigenvalue weighted by Crippen LogP contribution is 2.44. The maximum atomic E-state index is 10.4. The quantitative estimate of drug-likeness (QED) is 0.340. The van der Waals surface area contributed by atoms with Crippen LogP contribution in [0.5, 0.6) is 11.5 Å². The Bertz CT molecular complexity index is 1070. The second-order valence-corrected chi connectivity index (χ2v) is 10.1. The van der Waals surface area contributed by atoms with Gasteiger partial charge in [-0.1, -0.05) is 44.2 Å². The number of benzene rings is 2. The number of hydrogen-bond acceptors (Lipinski definition) is 4. The van der Waals surface area contributed by atoms with Crippen molar-refractivity contribution in [1.29, 1.82) is 0 Å². The fourth-order valence-electron chi connectivity index (χ4n) is 5.11. The van der Waals surface area contributed by atoms with Gasteiger partial charge >= 0.3 is 0 Å². The molecule has 0 amide bonds. The van der Waals surface area contributed by atoms with Crippen LogP contribution in [0.15, 0.2) is 24.3 Å². The molecular formula is C28H39N3O2. The number of aryl methyl sites for hydroxylation is 1. The van der Waals surface area contributed by atoms with Crippen molar-refractivity contribution < 1.29 is 9.84 Å². The summed E-state index contributed by atoms with van der Waals surface area (Å²) < 4.78 is 6.57. The number of aromatic hydroxyl groups is 1. The minimum atomic E-state index is -0.0894. The zero-order chi connectivity index (χ0) is 23.4. The molecular weight excluding hydrogens is 410 g/mol. The summed E-state index contributed by atoms with van der Waals surface area (Å²) in [5.74, 6) is 1.46. The Morgan fingerprint density at radius 1 is 0.879 bits per heavy atom. The molecule has 0 fully saturated rings. The molecule has 178 valence electrons. The van der Waals surface area contributed by atoms with Crippen LogP contribution in [-0.2, 0) is 13.0 Å². The summed E-state index contributed by atoms with van der Waals surface area (Å²) in [5.41, 5.74) is 6.11. The topological polar surface area (TPSA) is 60.2 Å². The lowest BCUT2D eigenvalue weighted by atomic mass is 9.84. The third-order valence-corrected chi connectivity index (χ3v) is 7.48. The van der Waals surface area contributed by atoms with E-state index in [-0.39, 0.29) is 5.60 Å².